The second kappa shape index (κ2) is 10.1. The third-order valence-corrected chi connectivity index (χ3v) is 7.77. The number of aliphatic carboxylic acids is 1. The van der Waals surface area contributed by atoms with Crippen molar-refractivity contribution < 1.29 is 24.2 Å². The molecule has 7 nitrogen and oxygen atoms in total. The maximum Gasteiger partial charge on any atom is 0.407 e. The van der Waals surface area contributed by atoms with Crippen molar-refractivity contribution in [2.45, 2.75) is 50.5 Å². The van der Waals surface area contributed by atoms with E-state index in [1.807, 2.05) is 24.3 Å². The van der Waals surface area contributed by atoms with Crippen molar-refractivity contribution >= 4 is 18.0 Å². The van der Waals surface area contributed by atoms with E-state index in [-0.39, 0.29) is 36.3 Å². The molecule has 2 aromatic rings. The first-order chi connectivity index (χ1) is 17.0. The highest BCUT2D eigenvalue weighted by atomic mass is 16.5. The van der Waals surface area contributed by atoms with Crippen LogP contribution >= 0.6 is 0 Å². The molecule has 2 unspecified atom stereocenters. The number of rotatable bonds is 7. The molecule has 35 heavy (non-hydrogen) atoms. The van der Waals surface area contributed by atoms with Gasteiger partial charge >= 0.3 is 12.1 Å². The molecule has 2 aromatic carbocycles. The highest BCUT2D eigenvalue weighted by Crippen LogP contribution is 2.44. The first-order valence-electron chi connectivity index (χ1n) is 12.6. The van der Waals surface area contributed by atoms with Gasteiger partial charge in [0.05, 0.1) is 5.92 Å². The summed E-state index contributed by atoms with van der Waals surface area (Å²) in [6.45, 7) is 0.633. The van der Waals surface area contributed by atoms with Crippen molar-refractivity contribution in [2.24, 2.45) is 17.8 Å². The minimum Gasteiger partial charge on any atom is -0.481 e. The lowest BCUT2D eigenvalue weighted by Gasteiger charge is -2.23. The fourth-order valence-electron chi connectivity index (χ4n) is 5.72. The van der Waals surface area contributed by atoms with E-state index in [9.17, 15) is 19.5 Å². The van der Waals surface area contributed by atoms with E-state index in [0.717, 1.165) is 19.3 Å². The first kappa shape index (κ1) is 23.4. The molecule has 0 saturated heterocycles. The molecule has 0 heterocycles. The van der Waals surface area contributed by atoms with Gasteiger partial charge in [-0.2, -0.15) is 0 Å². The van der Waals surface area contributed by atoms with Crippen LogP contribution in [0.5, 0.6) is 0 Å². The number of amides is 2. The highest BCUT2D eigenvalue weighted by molar-refractivity contribution is 5.83. The molecule has 3 N–H and O–H groups in total. The summed E-state index contributed by atoms with van der Waals surface area (Å²) in [5, 5.41) is 15.3. The van der Waals surface area contributed by atoms with Crippen LogP contribution in [0.3, 0.4) is 0 Å². The van der Waals surface area contributed by atoms with Gasteiger partial charge in [0.25, 0.3) is 0 Å². The Morgan fingerprint density at radius 3 is 2.23 bits per heavy atom. The molecule has 0 spiro atoms. The normalized spacial score (nSPS) is 25.0. The van der Waals surface area contributed by atoms with Gasteiger partial charge in [-0.05, 0) is 47.4 Å². The average molecular weight is 477 g/mol. The van der Waals surface area contributed by atoms with Gasteiger partial charge < -0.3 is 20.5 Å². The van der Waals surface area contributed by atoms with Crippen LogP contribution in [0.4, 0.5) is 4.79 Å². The fraction of sp³-hybridized carbons (Fsp3) is 0.464. The summed E-state index contributed by atoms with van der Waals surface area (Å²) < 4.78 is 5.57. The van der Waals surface area contributed by atoms with Crippen LogP contribution in [0.15, 0.2) is 48.5 Å². The lowest BCUT2D eigenvalue weighted by atomic mass is 9.94. The number of hydrogen-bond donors (Lipinski definition) is 3. The van der Waals surface area contributed by atoms with Crippen LogP contribution < -0.4 is 10.6 Å². The molecular formula is C28H32N2O5. The number of nitrogens with one attached hydrogen (secondary N) is 2. The average Bonchev–Trinajstić information content (AvgIpc) is 3.62. The number of benzene rings is 2. The molecule has 2 amide bonds. The standard InChI is InChI=1S/C28H32N2O5/c31-26(30-25-13-3-1-2-12-22(25)27(32)33)23-14-17(23)15-29-28(34)35-16-24-20-10-6-4-8-18(20)19-9-5-7-11-21(19)24/h4-11,17,22-25H,1-3,12-16H2,(H,29,34)(H,30,31)(H,32,33)/t17?,22-,23?,25+/m0/s1. The number of fused-ring (bicyclic) bond motifs is 3. The lowest BCUT2D eigenvalue weighted by molar-refractivity contribution is -0.143. The Labute approximate surface area is 205 Å². The number of ether oxygens (including phenoxy) is 1. The molecule has 2 saturated carbocycles. The highest BCUT2D eigenvalue weighted by Gasteiger charge is 2.44. The van der Waals surface area contributed by atoms with Crippen molar-refractivity contribution in [1.82, 2.24) is 10.6 Å². The van der Waals surface area contributed by atoms with Gasteiger partial charge in [-0.1, -0.05) is 67.8 Å². The minimum absolute atomic E-state index is 0.00866. The van der Waals surface area contributed by atoms with Crippen molar-refractivity contribution in [1.29, 1.82) is 0 Å². The van der Waals surface area contributed by atoms with E-state index in [4.69, 9.17) is 4.74 Å². The van der Waals surface area contributed by atoms with Gasteiger partial charge in [0.2, 0.25) is 5.91 Å². The number of carboxylic acid groups (broad SMARTS) is 1. The molecule has 184 valence electrons. The quantitative estimate of drug-likeness (QED) is 0.517. The molecule has 0 radical (unpaired) electrons. The van der Waals surface area contributed by atoms with Crippen LogP contribution in [0.2, 0.25) is 0 Å². The van der Waals surface area contributed by atoms with Crippen molar-refractivity contribution in [2.75, 3.05) is 13.2 Å². The van der Waals surface area contributed by atoms with Crippen molar-refractivity contribution in [3.8, 4) is 11.1 Å². The number of carbonyl (C=O) groups excluding carboxylic acids is 2. The Bertz CT molecular complexity index is 1070. The topological polar surface area (TPSA) is 105 Å². The second-order valence-corrected chi connectivity index (χ2v) is 10.0. The monoisotopic (exact) mass is 476 g/mol. The van der Waals surface area contributed by atoms with Crippen LogP contribution in [0.25, 0.3) is 11.1 Å². The van der Waals surface area contributed by atoms with Gasteiger partial charge in [-0.25, -0.2) is 4.79 Å². The summed E-state index contributed by atoms with van der Waals surface area (Å²) in [7, 11) is 0. The third-order valence-electron chi connectivity index (χ3n) is 7.77. The maximum absolute atomic E-state index is 12.7. The zero-order chi connectivity index (χ0) is 24.4. The molecule has 7 heteroatoms. The Morgan fingerprint density at radius 1 is 0.886 bits per heavy atom. The molecule has 0 bridgehead atoms. The molecule has 0 aliphatic heterocycles. The van der Waals surface area contributed by atoms with Crippen molar-refractivity contribution in [3.63, 3.8) is 0 Å². The Balaban J connectivity index is 1.09. The summed E-state index contributed by atoms with van der Waals surface area (Å²) in [6, 6.07) is 16.1. The van der Waals surface area contributed by atoms with Crippen LogP contribution in [0.1, 0.15) is 55.6 Å². The second-order valence-electron chi connectivity index (χ2n) is 10.0. The molecule has 3 aliphatic carbocycles. The van der Waals surface area contributed by atoms with Crippen LogP contribution in [-0.4, -0.2) is 42.3 Å². The smallest absolute Gasteiger partial charge is 0.407 e. The molecule has 4 atom stereocenters. The molecule has 3 aliphatic rings. The van der Waals surface area contributed by atoms with Gasteiger partial charge in [-0.3, -0.25) is 9.59 Å². The van der Waals surface area contributed by atoms with Gasteiger partial charge in [-0.15, -0.1) is 0 Å². The predicted octanol–water partition coefficient (Wildman–Crippen LogP) is 4.31. The molecular weight excluding hydrogens is 444 g/mol. The van der Waals surface area contributed by atoms with Crippen molar-refractivity contribution in [3.05, 3.63) is 59.7 Å². The minimum atomic E-state index is -0.832. The predicted molar refractivity (Wildman–Crippen MR) is 131 cm³/mol. The number of carbonyl (C=O) groups is 3. The van der Waals surface area contributed by atoms with Gasteiger partial charge in [0.15, 0.2) is 0 Å². The zero-order valence-corrected chi connectivity index (χ0v) is 19.7. The van der Waals surface area contributed by atoms with E-state index in [2.05, 4.69) is 34.9 Å². The van der Waals surface area contributed by atoms with E-state index in [1.165, 1.54) is 22.3 Å². The Morgan fingerprint density at radius 2 is 1.54 bits per heavy atom. The van der Waals surface area contributed by atoms with Crippen LogP contribution in [-0.2, 0) is 14.3 Å². The zero-order valence-electron chi connectivity index (χ0n) is 19.7. The largest absolute Gasteiger partial charge is 0.481 e. The van der Waals surface area contributed by atoms with Gasteiger partial charge in [0, 0.05) is 24.4 Å². The maximum atomic E-state index is 12.7. The molecule has 5 rings (SSSR count). The summed E-state index contributed by atoms with van der Waals surface area (Å²) in [5.74, 6) is -1.55. The fourth-order valence-corrected chi connectivity index (χ4v) is 5.72. The Kier molecular flexibility index (Phi) is 6.75. The third kappa shape index (κ3) is 5.04. The van der Waals surface area contributed by atoms with Crippen LogP contribution in [0, 0.1) is 17.8 Å². The summed E-state index contributed by atoms with van der Waals surface area (Å²) in [6.07, 6.45) is 4.36. The summed E-state index contributed by atoms with van der Waals surface area (Å²) in [4.78, 5) is 36.7. The summed E-state index contributed by atoms with van der Waals surface area (Å²) >= 11 is 0. The lowest BCUT2D eigenvalue weighted by Crippen LogP contribution is -2.43. The Hall–Kier alpha value is -3.35. The number of carboxylic acids is 1. The number of hydrogen-bond acceptors (Lipinski definition) is 4. The number of alkyl carbamates (subject to hydrolysis) is 1. The molecule has 0 aromatic heterocycles. The summed E-state index contributed by atoms with van der Waals surface area (Å²) in [5.41, 5.74) is 4.70. The van der Waals surface area contributed by atoms with E-state index in [1.54, 1.807) is 0 Å². The van der Waals surface area contributed by atoms with E-state index >= 15 is 0 Å². The molecule has 2 fully saturated rings. The SMILES string of the molecule is O=C(NCC1CC1C(=O)N[C@@H]1CCCCC[C@@H]1C(=O)O)OCC1c2ccccc2-c2ccccc21. The van der Waals surface area contributed by atoms with Gasteiger partial charge in [0.1, 0.15) is 6.61 Å². The van der Waals surface area contributed by atoms with E-state index in [0.29, 0.717) is 25.8 Å². The van der Waals surface area contributed by atoms with E-state index < -0.39 is 18.0 Å². The first-order valence-corrected chi connectivity index (χ1v) is 12.6.